The average molecular weight is 831 g/mol. The van der Waals surface area contributed by atoms with Crippen molar-refractivity contribution < 1.29 is 0 Å². The zero-order valence-corrected chi connectivity index (χ0v) is 36.5. The van der Waals surface area contributed by atoms with E-state index in [4.69, 9.17) is 0 Å². The molecule has 0 saturated carbocycles. The highest BCUT2D eigenvalue weighted by Gasteiger charge is 2.35. The molecule has 0 atom stereocenters. The zero-order chi connectivity index (χ0) is 43.5. The van der Waals surface area contributed by atoms with Gasteiger partial charge >= 0.3 is 0 Å². The van der Waals surface area contributed by atoms with Gasteiger partial charge in [-0.25, -0.2) is 0 Å². The number of rotatable bonds is 8. The summed E-state index contributed by atoms with van der Waals surface area (Å²) in [5, 5.41) is 2.45. The first kappa shape index (κ1) is 38.5. The summed E-state index contributed by atoms with van der Waals surface area (Å²) in [6.45, 7) is 4.72. The summed E-state index contributed by atoms with van der Waals surface area (Å²) in [4.78, 5) is 2.42. The molecule has 0 unspecified atom stereocenters. The van der Waals surface area contributed by atoms with Gasteiger partial charge in [-0.3, -0.25) is 0 Å². The minimum absolute atomic E-state index is 0.124. The Balaban J connectivity index is 1.06. The minimum atomic E-state index is -0.124. The van der Waals surface area contributed by atoms with Gasteiger partial charge in [0.15, 0.2) is 0 Å². The van der Waals surface area contributed by atoms with Crippen LogP contribution in [0.5, 0.6) is 0 Å². The largest absolute Gasteiger partial charge is 0.310 e. The third-order valence-corrected chi connectivity index (χ3v) is 13.6. The number of benzene rings is 10. The van der Waals surface area contributed by atoms with Crippen molar-refractivity contribution in [3.05, 3.63) is 254 Å². The Kier molecular flexibility index (Phi) is 9.21. The van der Waals surface area contributed by atoms with Crippen LogP contribution in [0.4, 0.5) is 17.1 Å². The maximum Gasteiger partial charge on any atom is 0.0619 e. The molecule has 10 aromatic carbocycles. The lowest BCUT2D eigenvalue weighted by Crippen LogP contribution is -2.16. The Morgan fingerprint density at radius 3 is 1.46 bits per heavy atom. The molecule has 1 aliphatic carbocycles. The summed E-state index contributed by atoms with van der Waals surface area (Å²) in [6, 6.07) is 88.9. The summed E-state index contributed by atoms with van der Waals surface area (Å²) in [5.41, 5.74) is 21.6. The molecule has 0 N–H and O–H groups in total. The van der Waals surface area contributed by atoms with Crippen molar-refractivity contribution in [2.45, 2.75) is 19.3 Å². The lowest BCUT2D eigenvalue weighted by atomic mass is 9.82. The average Bonchev–Trinajstić information content (AvgIpc) is 3.82. The SMILES string of the molecule is CC1(C)c2ccccc2-c2ccc(N(c3ccc(-c4ccccc4)cc3)c3ccc(-n4c5cc(-c6ccccc6)ccc5c5cc(-c6ccccc6)cc(-c6ccccc6)c54)cc3)cc21. The highest BCUT2D eigenvalue weighted by atomic mass is 15.1. The van der Waals surface area contributed by atoms with E-state index in [1.165, 1.54) is 88.6 Å². The quantitative estimate of drug-likeness (QED) is 0.148. The molecule has 1 aromatic heterocycles. The van der Waals surface area contributed by atoms with E-state index in [-0.39, 0.29) is 5.41 Å². The van der Waals surface area contributed by atoms with Crippen molar-refractivity contribution in [3.63, 3.8) is 0 Å². The van der Waals surface area contributed by atoms with Crippen LogP contribution in [0.1, 0.15) is 25.0 Å². The summed E-state index contributed by atoms with van der Waals surface area (Å²) < 4.78 is 2.49. The van der Waals surface area contributed by atoms with Gasteiger partial charge in [-0.05, 0) is 128 Å². The fourth-order valence-electron chi connectivity index (χ4n) is 10.3. The topological polar surface area (TPSA) is 8.17 Å². The molecular formula is C63H46N2. The smallest absolute Gasteiger partial charge is 0.0619 e. The number of aromatic nitrogens is 1. The van der Waals surface area contributed by atoms with Crippen LogP contribution in [-0.4, -0.2) is 4.57 Å². The van der Waals surface area contributed by atoms with Gasteiger partial charge in [-0.15, -0.1) is 0 Å². The molecule has 2 heteroatoms. The molecule has 0 amide bonds. The highest BCUT2D eigenvalue weighted by molar-refractivity contribution is 6.16. The summed E-state index contributed by atoms with van der Waals surface area (Å²) >= 11 is 0. The standard InChI is InChI=1S/C63H46N2/c1-63(2)59-26-16-15-25-54(59)55-38-36-53(42-60(55)63)64(50-30-27-46(28-31-50)43-17-7-3-8-18-43)51-32-34-52(35-33-51)65-61-41-48(44-19-9-4-10-20-44)29-37-56(61)58-40-49(45-21-11-5-12-22-45)39-57(62(58)65)47-23-13-6-14-24-47/h3-42H,1-2H3. The van der Waals surface area contributed by atoms with E-state index in [0.717, 1.165) is 22.7 Å². The molecule has 0 radical (unpaired) electrons. The molecule has 0 aliphatic heterocycles. The second-order valence-electron chi connectivity index (χ2n) is 17.8. The minimum Gasteiger partial charge on any atom is -0.310 e. The van der Waals surface area contributed by atoms with Crippen LogP contribution in [0.15, 0.2) is 243 Å². The van der Waals surface area contributed by atoms with Crippen LogP contribution in [0.2, 0.25) is 0 Å². The monoisotopic (exact) mass is 830 g/mol. The van der Waals surface area contributed by atoms with E-state index in [1.54, 1.807) is 0 Å². The second kappa shape index (κ2) is 15.6. The second-order valence-corrected chi connectivity index (χ2v) is 17.8. The number of hydrogen-bond acceptors (Lipinski definition) is 1. The van der Waals surface area contributed by atoms with Crippen LogP contribution in [0.3, 0.4) is 0 Å². The molecular weight excluding hydrogens is 785 g/mol. The fraction of sp³-hybridized carbons (Fsp3) is 0.0476. The van der Waals surface area contributed by atoms with E-state index >= 15 is 0 Å². The van der Waals surface area contributed by atoms with E-state index < -0.39 is 0 Å². The predicted octanol–water partition coefficient (Wildman–Crippen LogP) is 17.2. The van der Waals surface area contributed by atoms with Gasteiger partial charge in [-0.2, -0.15) is 0 Å². The van der Waals surface area contributed by atoms with Crippen LogP contribution >= 0.6 is 0 Å². The molecule has 12 rings (SSSR count). The van der Waals surface area contributed by atoms with Crippen molar-refractivity contribution in [1.29, 1.82) is 0 Å². The number of nitrogens with zero attached hydrogens (tertiary/aromatic N) is 2. The van der Waals surface area contributed by atoms with Gasteiger partial charge < -0.3 is 9.47 Å². The third kappa shape index (κ3) is 6.57. The van der Waals surface area contributed by atoms with Gasteiger partial charge in [-0.1, -0.05) is 190 Å². The van der Waals surface area contributed by atoms with Gasteiger partial charge in [0.05, 0.1) is 11.0 Å². The number of hydrogen-bond donors (Lipinski definition) is 0. The lowest BCUT2D eigenvalue weighted by molar-refractivity contribution is 0.660. The number of fused-ring (bicyclic) bond motifs is 6. The molecule has 308 valence electrons. The number of anilines is 3. The molecule has 11 aromatic rings. The Labute approximate surface area is 381 Å². The Morgan fingerprint density at radius 2 is 0.815 bits per heavy atom. The first-order valence-electron chi connectivity index (χ1n) is 22.6. The summed E-state index contributed by atoms with van der Waals surface area (Å²) in [5.74, 6) is 0. The zero-order valence-electron chi connectivity index (χ0n) is 36.5. The van der Waals surface area contributed by atoms with Crippen molar-refractivity contribution in [3.8, 4) is 61.3 Å². The Bertz CT molecular complexity index is 3510. The van der Waals surface area contributed by atoms with E-state index in [9.17, 15) is 0 Å². The van der Waals surface area contributed by atoms with Crippen molar-refractivity contribution in [1.82, 2.24) is 4.57 Å². The van der Waals surface area contributed by atoms with Crippen LogP contribution in [-0.2, 0) is 5.41 Å². The van der Waals surface area contributed by atoms with Gasteiger partial charge in [0, 0.05) is 44.5 Å². The lowest BCUT2D eigenvalue weighted by Gasteiger charge is -2.28. The Hall–Kier alpha value is -8.20. The fourth-order valence-corrected chi connectivity index (χ4v) is 10.3. The van der Waals surface area contributed by atoms with Crippen molar-refractivity contribution in [2.75, 3.05) is 4.90 Å². The molecule has 1 aliphatic rings. The van der Waals surface area contributed by atoms with Crippen LogP contribution < -0.4 is 4.90 Å². The first-order valence-corrected chi connectivity index (χ1v) is 22.6. The van der Waals surface area contributed by atoms with Gasteiger partial charge in [0.25, 0.3) is 0 Å². The highest BCUT2D eigenvalue weighted by Crippen LogP contribution is 2.51. The third-order valence-electron chi connectivity index (χ3n) is 13.6. The van der Waals surface area contributed by atoms with Crippen LogP contribution in [0.25, 0.3) is 83.1 Å². The van der Waals surface area contributed by atoms with Gasteiger partial charge in [0.2, 0.25) is 0 Å². The predicted molar refractivity (Wildman–Crippen MR) is 275 cm³/mol. The molecule has 1 heterocycles. The van der Waals surface area contributed by atoms with Crippen molar-refractivity contribution >= 4 is 38.9 Å². The maximum atomic E-state index is 2.49. The molecule has 65 heavy (non-hydrogen) atoms. The van der Waals surface area contributed by atoms with Gasteiger partial charge in [0.1, 0.15) is 0 Å². The summed E-state index contributed by atoms with van der Waals surface area (Å²) in [6.07, 6.45) is 0. The van der Waals surface area contributed by atoms with E-state index in [1.807, 2.05) is 0 Å². The Morgan fingerprint density at radius 1 is 0.323 bits per heavy atom. The van der Waals surface area contributed by atoms with E-state index in [0.29, 0.717) is 0 Å². The molecule has 0 spiro atoms. The molecule has 2 nitrogen and oxygen atoms in total. The molecule has 0 fully saturated rings. The summed E-state index contributed by atoms with van der Waals surface area (Å²) in [7, 11) is 0. The molecule has 0 saturated heterocycles. The van der Waals surface area contributed by atoms with Crippen LogP contribution in [0, 0.1) is 0 Å². The first-order chi connectivity index (χ1) is 32.0. The molecule has 0 bridgehead atoms. The normalized spacial score (nSPS) is 12.6. The van der Waals surface area contributed by atoms with E-state index in [2.05, 4.69) is 266 Å². The van der Waals surface area contributed by atoms with Crippen molar-refractivity contribution in [2.24, 2.45) is 0 Å². The maximum absolute atomic E-state index is 2.49.